The molecule has 0 amide bonds. The van der Waals surface area contributed by atoms with Crippen LogP contribution in [0.2, 0.25) is 0 Å². The molecule has 0 saturated heterocycles. The molecule has 0 spiro atoms. The van der Waals surface area contributed by atoms with E-state index >= 15 is 0 Å². The van der Waals surface area contributed by atoms with E-state index in [0.29, 0.717) is 18.4 Å². The van der Waals surface area contributed by atoms with E-state index in [1.807, 2.05) is 24.5 Å². The van der Waals surface area contributed by atoms with Crippen molar-refractivity contribution in [3.8, 4) is 5.75 Å². The van der Waals surface area contributed by atoms with Gasteiger partial charge in [-0.25, -0.2) is 0 Å². The molecule has 0 bridgehead atoms. The van der Waals surface area contributed by atoms with Crippen LogP contribution in [-0.4, -0.2) is 18.7 Å². The Balaban J connectivity index is 2.57. The van der Waals surface area contributed by atoms with E-state index in [4.69, 9.17) is 16.3 Å². The average Bonchev–Trinajstić information content (AvgIpc) is 2.26. The number of alkyl halides is 1. The third kappa shape index (κ3) is 3.43. The number of thioether (sulfide) groups is 1. The fraction of sp³-hybridized carbons (Fsp3) is 0.455. The molecule has 0 N–H and O–H groups in total. The minimum atomic E-state index is 0.395. The van der Waals surface area contributed by atoms with Crippen LogP contribution in [0.3, 0.4) is 0 Å². The zero-order chi connectivity index (χ0) is 10.4. The van der Waals surface area contributed by atoms with Gasteiger partial charge in [0.25, 0.3) is 0 Å². The molecule has 0 aliphatic carbocycles. The number of benzene rings is 1. The molecule has 1 unspecified atom stereocenters. The Morgan fingerprint density at radius 1 is 1.43 bits per heavy atom. The minimum Gasteiger partial charge on any atom is -0.492 e. The van der Waals surface area contributed by atoms with Gasteiger partial charge in [-0.2, -0.15) is 0 Å². The van der Waals surface area contributed by atoms with Crippen LogP contribution >= 0.6 is 23.4 Å². The Bertz CT molecular complexity index is 278. The lowest BCUT2D eigenvalue weighted by Gasteiger charge is -2.12. The second kappa shape index (κ2) is 6.20. The smallest absolute Gasteiger partial charge is 0.132 e. The molecule has 78 valence electrons. The molecule has 0 heterocycles. The number of halogens is 1. The van der Waals surface area contributed by atoms with E-state index in [-0.39, 0.29) is 0 Å². The zero-order valence-corrected chi connectivity index (χ0v) is 10.1. The summed E-state index contributed by atoms with van der Waals surface area (Å²) in [5.41, 5.74) is 0. The van der Waals surface area contributed by atoms with Crippen LogP contribution in [0.25, 0.3) is 0 Å². The van der Waals surface area contributed by atoms with Crippen LogP contribution in [0.4, 0.5) is 0 Å². The predicted octanol–water partition coefficient (Wildman–Crippen LogP) is 3.66. The molecular formula is C11H15ClOS. The number of rotatable bonds is 5. The molecule has 14 heavy (non-hydrogen) atoms. The van der Waals surface area contributed by atoms with Gasteiger partial charge >= 0.3 is 0 Å². The summed E-state index contributed by atoms with van der Waals surface area (Å²) in [6.07, 6.45) is 2.05. The SMILES string of the molecule is CSc1ccccc1OCC(C)CCl. The first-order valence-corrected chi connectivity index (χ1v) is 6.35. The standard InChI is InChI=1S/C11H15ClOS/c1-9(7-12)8-13-10-5-3-4-6-11(10)14-2/h3-6,9H,7-8H2,1-2H3. The van der Waals surface area contributed by atoms with Crippen LogP contribution in [0, 0.1) is 5.92 Å². The summed E-state index contributed by atoms with van der Waals surface area (Å²) < 4.78 is 5.68. The largest absolute Gasteiger partial charge is 0.492 e. The minimum absolute atomic E-state index is 0.395. The van der Waals surface area contributed by atoms with Gasteiger partial charge in [0, 0.05) is 16.7 Å². The highest BCUT2D eigenvalue weighted by molar-refractivity contribution is 7.98. The normalized spacial score (nSPS) is 12.5. The quantitative estimate of drug-likeness (QED) is 0.564. The summed E-state index contributed by atoms with van der Waals surface area (Å²) in [6.45, 7) is 2.76. The molecule has 0 aromatic heterocycles. The monoisotopic (exact) mass is 230 g/mol. The second-order valence-corrected chi connectivity index (χ2v) is 4.38. The van der Waals surface area contributed by atoms with Gasteiger partial charge in [-0.1, -0.05) is 19.1 Å². The predicted molar refractivity (Wildman–Crippen MR) is 63.6 cm³/mol. The van der Waals surface area contributed by atoms with Crippen LogP contribution in [0.5, 0.6) is 5.75 Å². The van der Waals surface area contributed by atoms with E-state index in [9.17, 15) is 0 Å². The summed E-state index contributed by atoms with van der Waals surface area (Å²) in [4.78, 5) is 1.18. The van der Waals surface area contributed by atoms with E-state index in [1.165, 1.54) is 4.90 Å². The molecule has 0 saturated carbocycles. The van der Waals surface area contributed by atoms with Gasteiger partial charge in [0.15, 0.2) is 0 Å². The highest BCUT2D eigenvalue weighted by atomic mass is 35.5. The van der Waals surface area contributed by atoms with Gasteiger partial charge in [0.2, 0.25) is 0 Å². The van der Waals surface area contributed by atoms with Gasteiger partial charge in [-0.3, -0.25) is 0 Å². The van der Waals surface area contributed by atoms with E-state index in [1.54, 1.807) is 11.8 Å². The van der Waals surface area contributed by atoms with Gasteiger partial charge in [0.05, 0.1) is 6.61 Å². The first kappa shape index (κ1) is 11.7. The molecule has 0 radical (unpaired) electrons. The summed E-state index contributed by atoms with van der Waals surface area (Å²) in [7, 11) is 0. The Morgan fingerprint density at radius 3 is 2.79 bits per heavy atom. The van der Waals surface area contributed by atoms with Crippen LogP contribution in [0.1, 0.15) is 6.92 Å². The molecule has 1 aromatic rings. The van der Waals surface area contributed by atoms with Gasteiger partial charge < -0.3 is 4.74 Å². The number of ether oxygens (including phenoxy) is 1. The topological polar surface area (TPSA) is 9.23 Å². The van der Waals surface area contributed by atoms with Crippen LogP contribution in [0.15, 0.2) is 29.2 Å². The molecule has 1 aromatic carbocycles. The fourth-order valence-electron chi connectivity index (χ4n) is 1.01. The Morgan fingerprint density at radius 2 is 2.14 bits per heavy atom. The maximum Gasteiger partial charge on any atom is 0.132 e. The lowest BCUT2D eigenvalue weighted by molar-refractivity contribution is 0.267. The van der Waals surface area contributed by atoms with Gasteiger partial charge in [0.1, 0.15) is 5.75 Å². The highest BCUT2D eigenvalue weighted by Crippen LogP contribution is 2.27. The van der Waals surface area contributed by atoms with Crippen molar-refractivity contribution in [2.45, 2.75) is 11.8 Å². The van der Waals surface area contributed by atoms with Crippen molar-refractivity contribution in [2.24, 2.45) is 5.92 Å². The van der Waals surface area contributed by atoms with Crippen molar-refractivity contribution in [1.29, 1.82) is 0 Å². The highest BCUT2D eigenvalue weighted by Gasteiger charge is 2.04. The summed E-state index contributed by atoms with van der Waals surface area (Å²) in [5, 5.41) is 0. The molecule has 1 atom stereocenters. The van der Waals surface area contributed by atoms with Crippen molar-refractivity contribution in [2.75, 3.05) is 18.7 Å². The Hall–Kier alpha value is -0.340. The Kier molecular flexibility index (Phi) is 5.20. The molecule has 1 nitrogen and oxygen atoms in total. The number of hydrogen-bond donors (Lipinski definition) is 0. The van der Waals surface area contributed by atoms with Crippen molar-refractivity contribution >= 4 is 23.4 Å². The molecule has 0 aliphatic heterocycles. The second-order valence-electron chi connectivity index (χ2n) is 3.22. The van der Waals surface area contributed by atoms with Gasteiger partial charge in [-0.05, 0) is 18.4 Å². The van der Waals surface area contributed by atoms with Crippen molar-refractivity contribution in [3.63, 3.8) is 0 Å². The lowest BCUT2D eigenvalue weighted by Crippen LogP contribution is -2.09. The maximum absolute atomic E-state index is 5.71. The van der Waals surface area contributed by atoms with E-state index in [2.05, 4.69) is 13.0 Å². The molecular weight excluding hydrogens is 216 g/mol. The number of hydrogen-bond acceptors (Lipinski definition) is 2. The van der Waals surface area contributed by atoms with E-state index in [0.717, 1.165) is 5.75 Å². The molecule has 1 rings (SSSR count). The summed E-state index contributed by atoms with van der Waals surface area (Å²) in [6, 6.07) is 8.06. The number of para-hydroxylation sites is 1. The first-order chi connectivity index (χ1) is 6.77. The average molecular weight is 231 g/mol. The summed E-state index contributed by atoms with van der Waals surface area (Å²) in [5.74, 6) is 1.99. The van der Waals surface area contributed by atoms with Crippen molar-refractivity contribution < 1.29 is 4.74 Å². The maximum atomic E-state index is 5.71. The van der Waals surface area contributed by atoms with Crippen molar-refractivity contribution in [3.05, 3.63) is 24.3 Å². The molecule has 0 aliphatic rings. The van der Waals surface area contributed by atoms with E-state index < -0.39 is 0 Å². The van der Waals surface area contributed by atoms with Crippen LogP contribution in [-0.2, 0) is 0 Å². The van der Waals surface area contributed by atoms with Crippen molar-refractivity contribution in [1.82, 2.24) is 0 Å². The zero-order valence-electron chi connectivity index (χ0n) is 8.50. The fourth-order valence-corrected chi connectivity index (χ4v) is 1.65. The lowest BCUT2D eigenvalue weighted by atomic mass is 10.2. The third-order valence-corrected chi connectivity index (χ3v) is 3.16. The molecule has 0 fully saturated rings. The third-order valence-electron chi connectivity index (χ3n) is 1.86. The first-order valence-electron chi connectivity index (χ1n) is 4.59. The summed E-state index contributed by atoms with van der Waals surface area (Å²) >= 11 is 7.40. The Labute approximate surface area is 94.8 Å². The van der Waals surface area contributed by atoms with Crippen LogP contribution < -0.4 is 4.74 Å². The van der Waals surface area contributed by atoms with Gasteiger partial charge in [-0.15, -0.1) is 23.4 Å². The molecule has 3 heteroatoms.